The minimum absolute atomic E-state index is 0.620. The van der Waals surface area contributed by atoms with Gasteiger partial charge in [0.2, 0.25) is 0 Å². The van der Waals surface area contributed by atoms with Crippen molar-refractivity contribution in [3.05, 3.63) is 28.3 Å². The molecule has 1 aromatic rings. The summed E-state index contributed by atoms with van der Waals surface area (Å²) in [6.07, 6.45) is 39.8. The van der Waals surface area contributed by atoms with E-state index in [2.05, 4.69) is 26.8 Å². The van der Waals surface area contributed by atoms with Crippen molar-refractivity contribution in [1.29, 1.82) is 0 Å². The molecule has 246 valence electrons. The van der Waals surface area contributed by atoms with Crippen molar-refractivity contribution in [3.8, 4) is 5.75 Å². The van der Waals surface area contributed by atoms with Crippen molar-refractivity contribution < 1.29 is 5.11 Å². The first-order valence-corrected chi connectivity index (χ1v) is 19.8. The molecule has 0 unspecified atom stereocenters. The number of aryl methyl sites for hydroxylation is 2. The third kappa shape index (κ3) is 19.6. The third-order valence-corrected chi connectivity index (χ3v) is 9.79. The van der Waals surface area contributed by atoms with Crippen LogP contribution in [-0.2, 0) is 25.0 Å². The lowest BCUT2D eigenvalue weighted by Gasteiger charge is -2.19. The molecule has 1 nitrogen and oxygen atoms in total. The van der Waals surface area contributed by atoms with E-state index in [0.29, 0.717) is 5.75 Å². The molecule has 1 rings (SSSR count). The summed E-state index contributed by atoms with van der Waals surface area (Å²) >= 11 is 4.79. The van der Waals surface area contributed by atoms with Crippen molar-refractivity contribution in [2.24, 2.45) is 0 Å². The predicted molar refractivity (Wildman–Crippen MR) is 194 cm³/mol. The minimum atomic E-state index is 0.620. The number of hydrogen-bond acceptors (Lipinski definition) is 2. The van der Waals surface area contributed by atoms with Gasteiger partial charge < -0.3 is 5.11 Å². The Morgan fingerprint density at radius 3 is 1.07 bits per heavy atom. The average Bonchev–Trinajstić information content (AvgIpc) is 3.00. The highest BCUT2D eigenvalue weighted by molar-refractivity contribution is 7.79. The Kier molecular flexibility index (Phi) is 27.3. The van der Waals surface area contributed by atoms with Gasteiger partial charge in [-0.25, -0.2) is 0 Å². The molecule has 0 saturated carbocycles. The van der Waals surface area contributed by atoms with E-state index in [9.17, 15) is 5.11 Å². The predicted octanol–water partition coefficient (Wildman–Crippen LogP) is 14.0. The number of hydrogen-bond donors (Lipinski definition) is 2. The number of phenolic OH excluding ortho intramolecular Hbond substituents is 1. The smallest absolute Gasteiger partial charge is 0.122 e. The molecule has 42 heavy (non-hydrogen) atoms. The van der Waals surface area contributed by atoms with Crippen molar-refractivity contribution in [1.82, 2.24) is 0 Å². The Labute approximate surface area is 270 Å². The summed E-state index contributed by atoms with van der Waals surface area (Å²) in [6, 6.07) is 2.38. The molecule has 0 saturated heterocycles. The zero-order chi connectivity index (χ0) is 30.5. The fourth-order valence-corrected chi connectivity index (χ4v) is 7.03. The molecule has 0 atom stereocenters. The van der Waals surface area contributed by atoms with Crippen LogP contribution >= 0.6 is 12.6 Å². The summed E-state index contributed by atoms with van der Waals surface area (Å²) in [6.45, 7) is 6.89. The zero-order valence-corrected chi connectivity index (χ0v) is 29.8. The van der Waals surface area contributed by atoms with Gasteiger partial charge in [-0.1, -0.05) is 181 Å². The lowest BCUT2D eigenvalue weighted by molar-refractivity contribution is 0.455. The van der Waals surface area contributed by atoms with E-state index in [0.717, 1.165) is 25.0 Å². The van der Waals surface area contributed by atoms with Gasteiger partial charge in [0.25, 0.3) is 0 Å². The lowest BCUT2D eigenvalue weighted by atomic mass is 9.89. The SMILES string of the molecule is CCCCCCCCCCCCc1cc(CCCCCCCCC)c(CS)c(CCCCCCCCCCCC)c1O. The number of phenols is 1. The molecule has 0 aliphatic rings. The highest BCUT2D eigenvalue weighted by Gasteiger charge is 2.16. The van der Waals surface area contributed by atoms with Crippen molar-refractivity contribution in [2.45, 2.75) is 219 Å². The van der Waals surface area contributed by atoms with Crippen LogP contribution in [0, 0.1) is 0 Å². The summed E-state index contributed by atoms with van der Waals surface area (Å²) in [7, 11) is 0. The number of rotatable bonds is 31. The van der Waals surface area contributed by atoms with Crippen LogP contribution in [0.4, 0.5) is 0 Å². The molecule has 0 fully saturated rings. The van der Waals surface area contributed by atoms with E-state index >= 15 is 0 Å². The van der Waals surface area contributed by atoms with Crippen molar-refractivity contribution in [3.63, 3.8) is 0 Å². The number of aromatic hydroxyl groups is 1. The van der Waals surface area contributed by atoms with Crippen LogP contribution in [0.5, 0.6) is 5.75 Å². The molecule has 0 aromatic heterocycles. The second kappa shape index (κ2) is 29.1. The monoisotopic (exact) mass is 603 g/mol. The van der Waals surface area contributed by atoms with Crippen LogP contribution in [0.15, 0.2) is 6.07 Å². The van der Waals surface area contributed by atoms with E-state index in [4.69, 9.17) is 12.6 Å². The maximum Gasteiger partial charge on any atom is 0.122 e. The van der Waals surface area contributed by atoms with Crippen LogP contribution in [0.25, 0.3) is 0 Å². The first-order chi connectivity index (χ1) is 20.7. The molecular formula is C40H74OS. The average molecular weight is 603 g/mol. The topological polar surface area (TPSA) is 20.2 Å². The van der Waals surface area contributed by atoms with Crippen LogP contribution in [0.2, 0.25) is 0 Å². The van der Waals surface area contributed by atoms with Crippen LogP contribution < -0.4 is 0 Å². The largest absolute Gasteiger partial charge is 0.507 e. The van der Waals surface area contributed by atoms with Crippen molar-refractivity contribution in [2.75, 3.05) is 0 Å². The molecule has 0 radical (unpaired) electrons. The molecule has 2 heteroatoms. The van der Waals surface area contributed by atoms with Gasteiger partial charge in [-0.2, -0.15) is 12.6 Å². The first kappa shape index (κ1) is 39.4. The van der Waals surface area contributed by atoms with E-state index in [1.165, 1.54) is 196 Å². The molecule has 1 aromatic carbocycles. The quantitative estimate of drug-likeness (QED) is 0.0640. The van der Waals surface area contributed by atoms with Crippen LogP contribution in [0.3, 0.4) is 0 Å². The summed E-state index contributed by atoms with van der Waals surface area (Å²) in [5.74, 6) is 1.37. The molecule has 0 heterocycles. The Morgan fingerprint density at radius 1 is 0.405 bits per heavy atom. The maximum atomic E-state index is 11.5. The van der Waals surface area contributed by atoms with Gasteiger partial charge in [-0.05, 0) is 60.8 Å². The Morgan fingerprint density at radius 2 is 0.714 bits per heavy atom. The van der Waals surface area contributed by atoms with Gasteiger partial charge in [-0.15, -0.1) is 0 Å². The number of unbranched alkanes of at least 4 members (excludes halogenated alkanes) is 24. The summed E-state index contributed by atoms with van der Waals surface area (Å²) in [5, 5.41) is 11.5. The van der Waals surface area contributed by atoms with Crippen LogP contribution in [0.1, 0.15) is 216 Å². The molecule has 0 spiro atoms. The Hall–Kier alpha value is -0.630. The Balaban J connectivity index is 2.64. The first-order valence-electron chi connectivity index (χ1n) is 19.2. The molecule has 0 aliphatic carbocycles. The normalized spacial score (nSPS) is 11.5. The number of thiol groups is 1. The van der Waals surface area contributed by atoms with E-state index < -0.39 is 0 Å². The van der Waals surface area contributed by atoms with Gasteiger partial charge in [0.05, 0.1) is 0 Å². The van der Waals surface area contributed by atoms with E-state index in [1.54, 1.807) is 0 Å². The standard InChI is InChI=1S/C40H74OS/c1-4-7-10-13-16-18-20-23-26-29-32-37-34-36(31-28-25-22-15-12-9-6-3)39(35-42)38(40(37)41)33-30-27-24-21-19-17-14-11-8-5-2/h34,41-42H,4-33,35H2,1-3H3. The van der Waals surface area contributed by atoms with Gasteiger partial charge in [0.15, 0.2) is 0 Å². The van der Waals surface area contributed by atoms with Crippen molar-refractivity contribution >= 4 is 12.6 Å². The zero-order valence-electron chi connectivity index (χ0n) is 28.9. The molecule has 1 N–H and O–H groups in total. The highest BCUT2D eigenvalue weighted by atomic mass is 32.1. The maximum absolute atomic E-state index is 11.5. The molecule has 0 amide bonds. The van der Waals surface area contributed by atoms with Gasteiger partial charge in [-0.3, -0.25) is 0 Å². The number of benzene rings is 1. The fourth-order valence-electron chi connectivity index (χ4n) is 6.64. The lowest BCUT2D eigenvalue weighted by Crippen LogP contribution is -2.04. The second-order valence-corrected chi connectivity index (χ2v) is 13.7. The van der Waals surface area contributed by atoms with E-state index in [1.807, 2.05) is 0 Å². The molecule has 0 bridgehead atoms. The van der Waals surface area contributed by atoms with Crippen LogP contribution in [-0.4, -0.2) is 5.11 Å². The van der Waals surface area contributed by atoms with Gasteiger partial charge >= 0.3 is 0 Å². The fraction of sp³-hybridized carbons (Fsp3) is 0.850. The summed E-state index contributed by atoms with van der Waals surface area (Å²) in [4.78, 5) is 0. The molecular weight excluding hydrogens is 529 g/mol. The summed E-state index contributed by atoms with van der Waals surface area (Å²) in [5.41, 5.74) is 5.30. The minimum Gasteiger partial charge on any atom is -0.507 e. The highest BCUT2D eigenvalue weighted by Crippen LogP contribution is 2.34. The summed E-state index contributed by atoms with van der Waals surface area (Å²) < 4.78 is 0. The molecule has 0 aliphatic heterocycles. The van der Waals surface area contributed by atoms with Gasteiger partial charge in [0.1, 0.15) is 5.75 Å². The second-order valence-electron chi connectivity index (χ2n) is 13.4. The van der Waals surface area contributed by atoms with Gasteiger partial charge in [0, 0.05) is 5.75 Å². The van der Waals surface area contributed by atoms with E-state index in [-0.39, 0.29) is 0 Å². The third-order valence-electron chi connectivity index (χ3n) is 9.48. The Bertz CT molecular complexity index is 727.